The number of hydrogen-bond donors (Lipinski definition) is 4. The van der Waals surface area contributed by atoms with Crippen LogP contribution in [0.15, 0.2) is 18.2 Å². The molecule has 1 amide bonds. The number of ether oxygens (including phenoxy) is 1. The number of aliphatic hydroxyl groups is 2. The average Bonchev–Trinajstić information content (AvgIpc) is 2.72. The Bertz CT molecular complexity index is 571. The molecule has 1 aromatic rings. The van der Waals surface area contributed by atoms with Gasteiger partial charge >= 0.3 is 6.09 Å². The first-order valence-electron chi connectivity index (χ1n) is 8.16. The summed E-state index contributed by atoms with van der Waals surface area (Å²) in [4.78, 5) is 14.0. The number of rotatable bonds is 4. The highest BCUT2D eigenvalue weighted by Gasteiger charge is 2.24. The van der Waals surface area contributed by atoms with E-state index in [1.165, 1.54) is 0 Å². The lowest BCUT2D eigenvalue weighted by molar-refractivity contribution is 0.0245. The fraction of sp³-hybridized carbons (Fsp3) is 0.588. The molecule has 2 rings (SSSR count). The van der Waals surface area contributed by atoms with Crippen LogP contribution in [-0.4, -0.2) is 59.2 Å². The molecule has 7 nitrogen and oxygen atoms in total. The molecule has 0 bridgehead atoms. The third-order valence-electron chi connectivity index (χ3n) is 3.57. The van der Waals surface area contributed by atoms with E-state index in [4.69, 9.17) is 9.84 Å². The molecule has 1 atom stereocenters. The van der Waals surface area contributed by atoms with Crippen LogP contribution < -0.4 is 10.6 Å². The van der Waals surface area contributed by atoms with Crippen molar-refractivity contribution >= 4 is 17.5 Å². The van der Waals surface area contributed by atoms with Crippen molar-refractivity contribution in [3.8, 4) is 0 Å². The molecule has 0 saturated heterocycles. The minimum atomic E-state index is -0.792. The lowest BCUT2D eigenvalue weighted by Crippen LogP contribution is -2.37. The van der Waals surface area contributed by atoms with Gasteiger partial charge in [0.2, 0.25) is 0 Å². The van der Waals surface area contributed by atoms with Crippen molar-refractivity contribution in [2.45, 2.75) is 39.0 Å². The van der Waals surface area contributed by atoms with Crippen molar-refractivity contribution in [2.75, 3.05) is 36.9 Å². The van der Waals surface area contributed by atoms with Crippen LogP contribution >= 0.6 is 0 Å². The predicted octanol–water partition coefficient (Wildman–Crippen LogP) is 1.61. The third-order valence-corrected chi connectivity index (χ3v) is 3.57. The molecule has 0 spiro atoms. The van der Waals surface area contributed by atoms with Gasteiger partial charge in [-0.3, -0.25) is 0 Å². The number of aliphatic hydroxyl groups excluding tert-OH is 2. The normalized spacial score (nSPS) is 15.8. The van der Waals surface area contributed by atoms with Gasteiger partial charge in [-0.05, 0) is 38.5 Å². The molecule has 24 heavy (non-hydrogen) atoms. The molecule has 0 saturated carbocycles. The summed E-state index contributed by atoms with van der Waals surface area (Å²) in [6.45, 7) is 7.25. The Hall–Kier alpha value is -1.99. The first-order chi connectivity index (χ1) is 11.3. The van der Waals surface area contributed by atoms with Crippen LogP contribution in [0, 0.1) is 0 Å². The summed E-state index contributed by atoms with van der Waals surface area (Å²) in [5, 5.41) is 24.6. The number of carbonyl (C=O) groups is 1. The number of fused-ring (bicyclic) bond motifs is 1. The van der Waals surface area contributed by atoms with Crippen molar-refractivity contribution < 1.29 is 19.7 Å². The van der Waals surface area contributed by atoms with E-state index in [-0.39, 0.29) is 19.2 Å². The Morgan fingerprint density at radius 1 is 1.46 bits per heavy atom. The molecule has 0 fully saturated rings. The van der Waals surface area contributed by atoms with Gasteiger partial charge in [-0.25, -0.2) is 4.79 Å². The second-order valence-electron chi connectivity index (χ2n) is 6.92. The summed E-state index contributed by atoms with van der Waals surface area (Å²) in [5.41, 5.74) is 2.29. The Balaban J connectivity index is 2.05. The van der Waals surface area contributed by atoms with Gasteiger partial charge in [-0.1, -0.05) is 6.07 Å². The average molecular weight is 337 g/mol. The predicted molar refractivity (Wildman–Crippen MR) is 93.2 cm³/mol. The second kappa shape index (κ2) is 7.72. The Morgan fingerprint density at radius 3 is 2.88 bits per heavy atom. The van der Waals surface area contributed by atoms with Gasteiger partial charge in [0.15, 0.2) is 0 Å². The van der Waals surface area contributed by atoms with E-state index in [0.717, 1.165) is 16.9 Å². The lowest BCUT2D eigenvalue weighted by Gasteiger charge is -2.26. The molecule has 1 unspecified atom stereocenters. The summed E-state index contributed by atoms with van der Waals surface area (Å²) in [7, 11) is 0. The highest BCUT2D eigenvalue weighted by atomic mass is 16.6. The molecule has 1 aliphatic rings. The van der Waals surface area contributed by atoms with E-state index in [9.17, 15) is 9.90 Å². The van der Waals surface area contributed by atoms with Gasteiger partial charge in [0.05, 0.1) is 19.3 Å². The summed E-state index contributed by atoms with van der Waals surface area (Å²) in [5.74, 6) is 0. The highest BCUT2D eigenvalue weighted by Crippen LogP contribution is 2.25. The summed E-state index contributed by atoms with van der Waals surface area (Å²) in [6.07, 6.45) is -1.11. The van der Waals surface area contributed by atoms with Crippen LogP contribution in [0.3, 0.4) is 0 Å². The van der Waals surface area contributed by atoms with E-state index in [2.05, 4.69) is 10.6 Å². The van der Waals surface area contributed by atoms with E-state index in [1.54, 1.807) is 4.90 Å². The third kappa shape index (κ3) is 5.28. The largest absolute Gasteiger partial charge is 0.444 e. The zero-order valence-corrected chi connectivity index (χ0v) is 14.5. The van der Waals surface area contributed by atoms with Gasteiger partial charge < -0.3 is 30.5 Å². The van der Waals surface area contributed by atoms with Gasteiger partial charge in [0, 0.05) is 31.0 Å². The standard InChI is InChI=1S/C17H27N3O4/c1-17(2,3)24-16(23)20-7-6-18-15-8-13(5-4-12(15)10-20)19-9-14(22)11-21/h4-5,8,14,18-19,21-22H,6-7,9-11H2,1-3H3. The van der Waals surface area contributed by atoms with Crippen molar-refractivity contribution in [3.05, 3.63) is 23.8 Å². The maximum Gasteiger partial charge on any atom is 0.410 e. The molecule has 1 aliphatic heterocycles. The van der Waals surface area contributed by atoms with E-state index in [1.807, 2.05) is 39.0 Å². The Kier molecular flexibility index (Phi) is 5.90. The molecular weight excluding hydrogens is 310 g/mol. The molecule has 7 heteroatoms. The zero-order valence-electron chi connectivity index (χ0n) is 14.5. The number of nitrogens with one attached hydrogen (secondary N) is 2. The van der Waals surface area contributed by atoms with E-state index in [0.29, 0.717) is 19.6 Å². The minimum absolute atomic E-state index is 0.277. The van der Waals surface area contributed by atoms with Crippen LogP contribution in [-0.2, 0) is 11.3 Å². The number of nitrogens with zero attached hydrogens (tertiary/aromatic N) is 1. The monoisotopic (exact) mass is 337 g/mol. The summed E-state index contributed by atoms with van der Waals surface area (Å²) < 4.78 is 5.44. The zero-order chi connectivity index (χ0) is 17.7. The molecule has 0 aromatic heterocycles. The van der Waals surface area contributed by atoms with Gasteiger partial charge in [-0.15, -0.1) is 0 Å². The maximum atomic E-state index is 12.3. The van der Waals surface area contributed by atoms with Crippen LogP contribution in [0.1, 0.15) is 26.3 Å². The number of amides is 1. The number of carbonyl (C=O) groups excluding carboxylic acids is 1. The molecule has 0 aliphatic carbocycles. The second-order valence-corrected chi connectivity index (χ2v) is 6.92. The smallest absolute Gasteiger partial charge is 0.410 e. The number of hydrogen-bond acceptors (Lipinski definition) is 6. The van der Waals surface area contributed by atoms with Gasteiger partial charge in [-0.2, -0.15) is 0 Å². The number of benzene rings is 1. The molecule has 0 radical (unpaired) electrons. The molecule has 134 valence electrons. The van der Waals surface area contributed by atoms with Crippen LogP contribution in [0.2, 0.25) is 0 Å². The first-order valence-corrected chi connectivity index (χ1v) is 8.16. The first kappa shape index (κ1) is 18.4. The van der Waals surface area contributed by atoms with Gasteiger partial charge in [0.1, 0.15) is 5.60 Å². The maximum absolute atomic E-state index is 12.3. The topological polar surface area (TPSA) is 94.1 Å². The molecule has 1 heterocycles. The fourth-order valence-corrected chi connectivity index (χ4v) is 2.38. The van der Waals surface area contributed by atoms with E-state index >= 15 is 0 Å². The summed E-state index contributed by atoms with van der Waals surface area (Å²) in [6, 6.07) is 5.78. The quantitative estimate of drug-likeness (QED) is 0.667. The van der Waals surface area contributed by atoms with Crippen molar-refractivity contribution in [3.63, 3.8) is 0 Å². The van der Waals surface area contributed by atoms with Crippen molar-refractivity contribution in [1.82, 2.24) is 4.90 Å². The van der Waals surface area contributed by atoms with Gasteiger partial charge in [0.25, 0.3) is 0 Å². The molecular formula is C17H27N3O4. The summed E-state index contributed by atoms with van der Waals surface area (Å²) >= 11 is 0. The van der Waals surface area contributed by atoms with Crippen molar-refractivity contribution in [1.29, 1.82) is 0 Å². The molecule has 1 aromatic carbocycles. The SMILES string of the molecule is CC(C)(C)OC(=O)N1CCNc2cc(NCC(O)CO)ccc2C1. The number of anilines is 2. The lowest BCUT2D eigenvalue weighted by atomic mass is 10.1. The van der Waals surface area contributed by atoms with Crippen LogP contribution in [0.5, 0.6) is 0 Å². The van der Waals surface area contributed by atoms with Crippen molar-refractivity contribution in [2.24, 2.45) is 0 Å². The highest BCUT2D eigenvalue weighted by molar-refractivity contribution is 5.70. The minimum Gasteiger partial charge on any atom is -0.444 e. The van der Waals surface area contributed by atoms with E-state index < -0.39 is 11.7 Å². The molecule has 4 N–H and O–H groups in total. The van der Waals surface area contributed by atoms with Crippen LogP contribution in [0.25, 0.3) is 0 Å². The van der Waals surface area contributed by atoms with Crippen LogP contribution in [0.4, 0.5) is 16.2 Å². The Labute approximate surface area is 142 Å². The fourth-order valence-electron chi connectivity index (χ4n) is 2.38. The Morgan fingerprint density at radius 2 is 2.21 bits per heavy atom.